The lowest BCUT2D eigenvalue weighted by Crippen LogP contribution is -1.89. The summed E-state index contributed by atoms with van der Waals surface area (Å²) in [6, 6.07) is 5.22. The van der Waals surface area contributed by atoms with E-state index in [1.54, 1.807) is 18.2 Å². The van der Waals surface area contributed by atoms with E-state index in [-0.39, 0.29) is 0 Å². The maximum absolute atomic E-state index is 6.90. The Morgan fingerprint density at radius 3 is 2.33 bits per heavy atom. The highest BCUT2D eigenvalue weighted by Gasteiger charge is 1.89. The maximum atomic E-state index is 6.90. The molecule has 1 aromatic rings. The summed E-state index contributed by atoms with van der Waals surface area (Å²) in [5.41, 5.74) is 5.64. The van der Waals surface area contributed by atoms with Crippen molar-refractivity contribution in [2.75, 3.05) is 0 Å². The first kappa shape index (κ1) is 15.7. The lowest BCUT2D eigenvalue weighted by molar-refractivity contribution is 1.25. The van der Waals surface area contributed by atoms with Crippen molar-refractivity contribution in [2.45, 2.75) is 27.7 Å². The second kappa shape index (κ2) is 12.3. The molecule has 0 unspecified atom stereocenters. The van der Waals surface area contributed by atoms with Crippen LogP contribution in [0, 0.1) is 5.41 Å². The van der Waals surface area contributed by atoms with E-state index >= 15 is 0 Å². The van der Waals surface area contributed by atoms with E-state index in [0.29, 0.717) is 11.5 Å². The first-order valence-electron chi connectivity index (χ1n) is 5.08. The van der Waals surface area contributed by atoms with Crippen LogP contribution in [0.3, 0.4) is 0 Å². The Labute approximate surface area is 91.8 Å². The van der Waals surface area contributed by atoms with Gasteiger partial charge in [-0.25, -0.2) is 9.98 Å². The number of aromatic nitrogens is 1. The summed E-state index contributed by atoms with van der Waals surface area (Å²) < 4.78 is 0. The van der Waals surface area contributed by atoms with Crippen LogP contribution < -0.4 is 5.73 Å². The van der Waals surface area contributed by atoms with Crippen LogP contribution in [0.5, 0.6) is 0 Å². The average Bonchev–Trinajstić information content (AvgIpc) is 2.35. The second-order valence-corrected chi connectivity index (χ2v) is 1.84. The number of aliphatic imine (C=N–C) groups is 1. The third-order valence-corrected chi connectivity index (χ3v) is 1.11. The molecule has 0 bridgehead atoms. The zero-order chi connectivity index (χ0) is 12.1. The maximum Gasteiger partial charge on any atom is 0.154 e. The van der Waals surface area contributed by atoms with Gasteiger partial charge in [-0.15, -0.1) is 0 Å². The third-order valence-electron chi connectivity index (χ3n) is 1.11. The Morgan fingerprint density at radius 1 is 1.27 bits per heavy atom. The molecule has 0 aliphatic carbocycles. The van der Waals surface area contributed by atoms with E-state index in [9.17, 15) is 0 Å². The van der Waals surface area contributed by atoms with Crippen LogP contribution in [0.4, 0.5) is 5.82 Å². The van der Waals surface area contributed by atoms with Gasteiger partial charge < -0.3 is 11.1 Å². The van der Waals surface area contributed by atoms with E-state index in [2.05, 4.69) is 9.98 Å². The molecule has 84 valence electrons. The molecule has 1 heterocycles. The number of hydrogen-bond donors (Lipinski definition) is 2. The molecule has 0 aliphatic rings. The minimum Gasteiger partial charge on any atom is -0.390 e. The van der Waals surface area contributed by atoms with Crippen LogP contribution in [0.15, 0.2) is 23.2 Å². The minimum atomic E-state index is 0.522. The van der Waals surface area contributed by atoms with Gasteiger partial charge in [0.05, 0.1) is 12.0 Å². The molecule has 0 aromatic carbocycles. The largest absolute Gasteiger partial charge is 0.390 e. The van der Waals surface area contributed by atoms with Crippen molar-refractivity contribution in [3.63, 3.8) is 0 Å². The summed E-state index contributed by atoms with van der Waals surface area (Å²) in [5, 5.41) is 6.90. The molecule has 1 aromatic heterocycles. The highest BCUT2D eigenvalue weighted by molar-refractivity contribution is 5.74. The van der Waals surface area contributed by atoms with Gasteiger partial charge in [-0.2, -0.15) is 0 Å². The van der Waals surface area contributed by atoms with Crippen molar-refractivity contribution in [1.29, 1.82) is 5.41 Å². The van der Waals surface area contributed by atoms with Crippen molar-refractivity contribution in [2.24, 2.45) is 10.7 Å². The summed E-state index contributed by atoms with van der Waals surface area (Å²) in [4.78, 5) is 7.71. The van der Waals surface area contributed by atoms with Crippen LogP contribution in [-0.2, 0) is 0 Å². The van der Waals surface area contributed by atoms with Gasteiger partial charge >= 0.3 is 0 Å². The second-order valence-electron chi connectivity index (χ2n) is 1.84. The Hall–Kier alpha value is -1.71. The number of nitrogens with two attached hydrogens (primary N) is 1. The summed E-state index contributed by atoms with van der Waals surface area (Å²) in [6.45, 7) is 8.00. The van der Waals surface area contributed by atoms with Gasteiger partial charge in [0.1, 0.15) is 0 Å². The Bertz CT molecular complexity index is 282. The van der Waals surface area contributed by atoms with Crippen molar-refractivity contribution in [3.8, 4) is 0 Å². The molecule has 0 aliphatic heterocycles. The van der Waals surface area contributed by atoms with Gasteiger partial charge in [-0.3, -0.25) is 0 Å². The summed E-state index contributed by atoms with van der Waals surface area (Å²) >= 11 is 0. The molecule has 0 spiro atoms. The van der Waals surface area contributed by atoms with Crippen molar-refractivity contribution < 1.29 is 0 Å². The summed E-state index contributed by atoms with van der Waals surface area (Å²) in [7, 11) is 0. The molecule has 1 rings (SSSR count). The van der Waals surface area contributed by atoms with E-state index in [1.165, 1.54) is 6.34 Å². The van der Waals surface area contributed by atoms with Gasteiger partial charge in [0, 0.05) is 6.21 Å². The number of rotatable bonds is 2. The first-order valence-corrected chi connectivity index (χ1v) is 5.08. The van der Waals surface area contributed by atoms with Gasteiger partial charge in [0.15, 0.2) is 5.82 Å². The highest BCUT2D eigenvalue weighted by atomic mass is 14.9. The fourth-order valence-corrected chi connectivity index (χ4v) is 0.668. The van der Waals surface area contributed by atoms with E-state index in [4.69, 9.17) is 11.1 Å². The standard InChI is InChI=1S/C7H8N4.2C2H6/c8-4-6-2-1-3-7(11-6)10-5-9;2*1-2/h1-5,8H,(H2,9,10,11);2*1-2H3. The van der Waals surface area contributed by atoms with Gasteiger partial charge in [0.2, 0.25) is 0 Å². The quantitative estimate of drug-likeness (QED) is 0.579. The van der Waals surface area contributed by atoms with E-state index < -0.39 is 0 Å². The zero-order valence-electron chi connectivity index (χ0n) is 9.86. The van der Waals surface area contributed by atoms with E-state index in [0.717, 1.165) is 6.21 Å². The summed E-state index contributed by atoms with van der Waals surface area (Å²) in [6.07, 6.45) is 2.34. The highest BCUT2D eigenvalue weighted by Crippen LogP contribution is 2.05. The smallest absolute Gasteiger partial charge is 0.154 e. The monoisotopic (exact) mass is 208 g/mol. The molecule has 0 amide bonds. The van der Waals surface area contributed by atoms with Crippen LogP contribution in [0.1, 0.15) is 33.4 Å². The molecule has 4 heteroatoms. The number of nitrogens with zero attached hydrogens (tertiary/aromatic N) is 2. The third kappa shape index (κ3) is 7.37. The molecule has 0 atom stereocenters. The lowest BCUT2D eigenvalue weighted by atomic mass is 10.4. The molecule has 0 saturated heterocycles. The average molecular weight is 208 g/mol. The molecular formula is C11H20N4. The molecule has 0 saturated carbocycles. The Kier molecular flexibility index (Phi) is 12.9. The lowest BCUT2D eigenvalue weighted by Gasteiger charge is -1.92. The fourth-order valence-electron chi connectivity index (χ4n) is 0.668. The van der Waals surface area contributed by atoms with Crippen molar-refractivity contribution in [3.05, 3.63) is 23.9 Å². The Balaban J connectivity index is 0. The number of hydrogen-bond acceptors (Lipinski definition) is 3. The summed E-state index contributed by atoms with van der Waals surface area (Å²) in [5.74, 6) is 0.522. The molecule has 0 radical (unpaired) electrons. The topological polar surface area (TPSA) is 75.1 Å². The molecular weight excluding hydrogens is 188 g/mol. The van der Waals surface area contributed by atoms with Crippen LogP contribution in [0.25, 0.3) is 0 Å². The predicted octanol–water partition coefficient (Wildman–Crippen LogP) is 2.75. The predicted molar refractivity (Wildman–Crippen MR) is 67.2 cm³/mol. The minimum absolute atomic E-state index is 0.522. The van der Waals surface area contributed by atoms with E-state index in [1.807, 2.05) is 27.7 Å². The van der Waals surface area contributed by atoms with Crippen LogP contribution in [0.2, 0.25) is 0 Å². The fraction of sp³-hybridized carbons (Fsp3) is 0.364. The van der Waals surface area contributed by atoms with Gasteiger partial charge in [-0.05, 0) is 12.1 Å². The van der Waals surface area contributed by atoms with Crippen LogP contribution in [-0.4, -0.2) is 17.5 Å². The van der Waals surface area contributed by atoms with Gasteiger partial charge in [-0.1, -0.05) is 33.8 Å². The van der Waals surface area contributed by atoms with Crippen molar-refractivity contribution in [1.82, 2.24) is 4.98 Å². The zero-order valence-corrected chi connectivity index (χ0v) is 9.86. The molecule has 0 fully saturated rings. The van der Waals surface area contributed by atoms with Crippen LogP contribution >= 0.6 is 0 Å². The molecule has 4 nitrogen and oxygen atoms in total. The van der Waals surface area contributed by atoms with Gasteiger partial charge in [0.25, 0.3) is 0 Å². The molecule has 15 heavy (non-hydrogen) atoms. The normalized spacial score (nSPS) is 8.27. The number of pyridine rings is 1. The molecule has 3 N–H and O–H groups in total. The Morgan fingerprint density at radius 2 is 1.87 bits per heavy atom. The first-order chi connectivity index (χ1) is 7.36. The van der Waals surface area contributed by atoms with Crippen molar-refractivity contribution >= 4 is 18.4 Å². The SMILES string of the molecule is CC.CC.N=Cc1cccc(N=CN)n1. The number of nitrogens with one attached hydrogen (secondary N) is 1.